The van der Waals surface area contributed by atoms with Gasteiger partial charge in [0.15, 0.2) is 5.69 Å². The second-order valence-corrected chi connectivity index (χ2v) is 12.2. The van der Waals surface area contributed by atoms with Gasteiger partial charge in [0.25, 0.3) is 0 Å². The lowest BCUT2D eigenvalue weighted by Crippen LogP contribution is -2.01. The highest BCUT2D eigenvalue weighted by atomic mass is 15.0. The highest BCUT2D eigenvalue weighted by molar-refractivity contribution is 6.12. The molecule has 0 radical (unpaired) electrons. The number of aromatic nitrogens is 2. The Bertz CT molecular complexity index is 2900. The van der Waals surface area contributed by atoms with Crippen LogP contribution in [-0.4, -0.2) is 9.13 Å². The number of para-hydroxylation sites is 3. The van der Waals surface area contributed by atoms with E-state index in [-0.39, 0.29) is 0 Å². The fourth-order valence-electron chi connectivity index (χ4n) is 7.48. The summed E-state index contributed by atoms with van der Waals surface area (Å²) in [5.41, 5.74) is 10.7. The van der Waals surface area contributed by atoms with Crippen molar-refractivity contribution < 1.29 is 0 Å². The fraction of sp³-hybridized carbons (Fsp3) is 0. The van der Waals surface area contributed by atoms with Crippen molar-refractivity contribution in [2.45, 2.75) is 0 Å². The minimum absolute atomic E-state index is 0.437. The van der Waals surface area contributed by atoms with Gasteiger partial charge in [0, 0.05) is 27.4 Å². The van der Waals surface area contributed by atoms with Crippen LogP contribution < -0.4 is 0 Å². The third-order valence-electron chi connectivity index (χ3n) is 9.62. The molecule has 0 N–H and O–H groups in total. The molecule has 230 valence electrons. The van der Waals surface area contributed by atoms with E-state index in [0.29, 0.717) is 28.2 Å². The van der Waals surface area contributed by atoms with Gasteiger partial charge in [-0.1, -0.05) is 109 Å². The van der Waals surface area contributed by atoms with Gasteiger partial charge in [-0.15, -0.1) is 0 Å². The SMILES string of the molecule is [C-]#[N+]c1ccc2c(c1)c1ccccc1n2-c1c([N+]#[C-])ccc(C#N)c1-c1ccccc1-c1ccc(-n2c3ccccc3c3ccccc32)cc1. The Morgan fingerprint density at radius 3 is 1.68 bits per heavy atom. The summed E-state index contributed by atoms with van der Waals surface area (Å²) in [6, 6.07) is 53.2. The molecule has 0 spiro atoms. The largest absolute Gasteiger partial charge is 0.318 e. The molecule has 7 aromatic carbocycles. The predicted octanol–water partition coefficient (Wildman–Crippen LogP) is 12.2. The van der Waals surface area contributed by atoms with Crippen molar-refractivity contribution in [3.05, 3.63) is 180 Å². The molecule has 2 heterocycles. The van der Waals surface area contributed by atoms with Gasteiger partial charge >= 0.3 is 0 Å². The number of nitriles is 1. The van der Waals surface area contributed by atoms with E-state index in [1.54, 1.807) is 12.1 Å². The predicted molar refractivity (Wildman–Crippen MR) is 203 cm³/mol. The van der Waals surface area contributed by atoms with E-state index < -0.39 is 0 Å². The third-order valence-corrected chi connectivity index (χ3v) is 9.62. The van der Waals surface area contributed by atoms with Crippen LogP contribution in [0, 0.1) is 24.5 Å². The third kappa shape index (κ3) is 4.24. The normalized spacial score (nSPS) is 11.1. The summed E-state index contributed by atoms with van der Waals surface area (Å²) < 4.78 is 4.39. The molecule has 0 amide bonds. The van der Waals surface area contributed by atoms with Crippen LogP contribution in [0.5, 0.6) is 0 Å². The smallest absolute Gasteiger partial charge is 0.211 e. The fourth-order valence-corrected chi connectivity index (χ4v) is 7.48. The molecule has 0 aliphatic heterocycles. The van der Waals surface area contributed by atoms with Crippen molar-refractivity contribution in [2.75, 3.05) is 0 Å². The zero-order chi connectivity index (χ0) is 33.8. The van der Waals surface area contributed by atoms with Crippen molar-refractivity contribution in [2.24, 2.45) is 0 Å². The molecular weight excluding hydrogens is 611 g/mol. The Kier molecular flexibility index (Phi) is 6.56. The van der Waals surface area contributed by atoms with Crippen molar-refractivity contribution in [3.8, 4) is 39.7 Å². The molecule has 0 aliphatic rings. The van der Waals surface area contributed by atoms with Crippen LogP contribution >= 0.6 is 0 Å². The first-order valence-corrected chi connectivity index (χ1v) is 16.2. The quantitative estimate of drug-likeness (QED) is 0.177. The van der Waals surface area contributed by atoms with E-state index in [4.69, 9.17) is 13.1 Å². The monoisotopic (exact) mass is 635 g/mol. The van der Waals surface area contributed by atoms with Gasteiger partial charge in [-0.25, -0.2) is 9.69 Å². The lowest BCUT2D eigenvalue weighted by Gasteiger charge is -2.20. The topological polar surface area (TPSA) is 42.4 Å². The van der Waals surface area contributed by atoms with E-state index in [9.17, 15) is 5.26 Å². The number of benzene rings is 7. The van der Waals surface area contributed by atoms with Gasteiger partial charge in [0.1, 0.15) is 0 Å². The Hall–Kier alpha value is -7.39. The zero-order valence-electron chi connectivity index (χ0n) is 26.7. The van der Waals surface area contributed by atoms with Crippen LogP contribution in [0.2, 0.25) is 0 Å². The van der Waals surface area contributed by atoms with Crippen LogP contribution in [0.3, 0.4) is 0 Å². The minimum atomic E-state index is 0.437. The molecule has 0 saturated carbocycles. The number of hydrogen-bond acceptors (Lipinski definition) is 1. The molecule has 0 atom stereocenters. The van der Waals surface area contributed by atoms with Crippen molar-refractivity contribution in [1.29, 1.82) is 5.26 Å². The summed E-state index contributed by atoms with van der Waals surface area (Å²) in [5.74, 6) is 0. The maximum absolute atomic E-state index is 10.6. The Morgan fingerprint density at radius 2 is 1.06 bits per heavy atom. The van der Waals surface area contributed by atoms with Crippen LogP contribution in [0.1, 0.15) is 5.56 Å². The lowest BCUT2D eigenvalue weighted by molar-refractivity contribution is 1.18. The van der Waals surface area contributed by atoms with Crippen LogP contribution in [0.15, 0.2) is 152 Å². The van der Waals surface area contributed by atoms with E-state index in [1.165, 1.54) is 10.8 Å². The van der Waals surface area contributed by atoms with Crippen LogP contribution in [0.4, 0.5) is 11.4 Å². The average Bonchev–Trinajstić information content (AvgIpc) is 3.70. The molecule has 0 bridgehead atoms. The summed E-state index contributed by atoms with van der Waals surface area (Å²) >= 11 is 0. The molecule has 50 heavy (non-hydrogen) atoms. The minimum Gasteiger partial charge on any atom is -0.318 e. The molecule has 9 aromatic rings. The van der Waals surface area contributed by atoms with Crippen molar-refractivity contribution >= 4 is 55.0 Å². The maximum Gasteiger partial charge on any atom is 0.211 e. The Labute approximate surface area is 288 Å². The molecule has 0 fully saturated rings. The van der Waals surface area contributed by atoms with E-state index in [1.807, 2.05) is 60.7 Å². The first-order valence-electron chi connectivity index (χ1n) is 16.2. The van der Waals surface area contributed by atoms with Gasteiger partial charge in [0.2, 0.25) is 5.69 Å². The second kappa shape index (κ2) is 11.4. The second-order valence-electron chi connectivity index (χ2n) is 12.2. The van der Waals surface area contributed by atoms with E-state index in [0.717, 1.165) is 55.2 Å². The first kappa shape index (κ1) is 28.8. The number of nitrogens with zero attached hydrogens (tertiary/aromatic N) is 5. The number of rotatable bonds is 4. The summed E-state index contributed by atoms with van der Waals surface area (Å²) in [7, 11) is 0. The van der Waals surface area contributed by atoms with Gasteiger partial charge in [-0.3, -0.25) is 0 Å². The Balaban J connectivity index is 1.28. The number of fused-ring (bicyclic) bond motifs is 6. The Morgan fingerprint density at radius 1 is 0.500 bits per heavy atom. The highest BCUT2D eigenvalue weighted by Crippen LogP contribution is 2.45. The van der Waals surface area contributed by atoms with Crippen molar-refractivity contribution in [1.82, 2.24) is 9.13 Å². The highest BCUT2D eigenvalue weighted by Gasteiger charge is 2.23. The molecule has 0 aliphatic carbocycles. The van der Waals surface area contributed by atoms with E-state index >= 15 is 0 Å². The molecule has 5 heteroatoms. The molecule has 5 nitrogen and oxygen atoms in total. The summed E-state index contributed by atoms with van der Waals surface area (Å²) in [6.07, 6.45) is 0. The molecule has 9 rings (SSSR count). The van der Waals surface area contributed by atoms with E-state index in [2.05, 4.69) is 104 Å². The van der Waals surface area contributed by atoms with Gasteiger partial charge < -0.3 is 9.13 Å². The standard InChI is InChI=1S/C45H25N5/c1-47-31-22-26-43-38(27-31)36-14-7-10-18-42(36)50(43)45-39(48-2)25-21-30(28-46)44(45)37-15-4-3-11-33(37)29-19-23-32(24-20-29)49-40-16-8-5-12-34(40)35-13-6-9-17-41(35)49/h3-27H. The van der Waals surface area contributed by atoms with Gasteiger partial charge in [0.05, 0.1) is 52.5 Å². The molecule has 2 aromatic heterocycles. The summed E-state index contributed by atoms with van der Waals surface area (Å²) in [5, 5.41) is 14.9. The van der Waals surface area contributed by atoms with Gasteiger partial charge in [-0.2, -0.15) is 5.26 Å². The summed E-state index contributed by atoms with van der Waals surface area (Å²) in [4.78, 5) is 7.68. The average molecular weight is 636 g/mol. The summed E-state index contributed by atoms with van der Waals surface area (Å²) in [6.45, 7) is 15.9. The lowest BCUT2D eigenvalue weighted by atomic mass is 9.90. The molecule has 0 unspecified atom stereocenters. The van der Waals surface area contributed by atoms with Crippen LogP contribution in [0.25, 0.3) is 86.9 Å². The molecule has 0 saturated heterocycles. The molecular formula is C45H25N5. The van der Waals surface area contributed by atoms with Gasteiger partial charge in [-0.05, 0) is 64.5 Å². The number of hydrogen-bond donors (Lipinski definition) is 0. The first-order chi connectivity index (χ1) is 24.7. The van der Waals surface area contributed by atoms with Crippen molar-refractivity contribution in [3.63, 3.8) is 0 Å². The van der Waals surface area contributed by atoms with Crippen LogP contribution in [-0.2, 0) is 0 Å². The maximum atomic E-state index is 10.6. The zero-order valence-corrected chi connectivity index (χ0v) is 26.7.